The molecule has 1 fully saturated rings. The van der Waals surface area contributed by atoms with Crippen molar-refractivity contribution in [3.8, 4) is 0 Å². The summed E-state index contributed by atoms with van der Waals surface area (Å²) in [4.78, 5) is 14.9. The molecule has 1 unspecified atom stereocenters. The maximum atomic E-state index is 13.5. The number of nitro groups is 1. The van der Waals surface area contributed by atoms with E-state index in [1.165, 1.54) is 10.4 Å². The Balaban J connectivity index is 2.17. The summed E-state index contributed by atoms with van der Waals surface area (Å²) in [5, 5.41) is 14.6. The smallest absolute Gasteiger partial charge is 0.289 e. The maximum absolute atomic E-state index is 13.5. The minimum absolute atomic E-state index is 0.213. The molecular formula is C16H21N5O4S. The van der Waals surface area contributed by atoms with Crippen LogP contribution in [0.15, 0.2) is 29.4 Å². The molecule has 1 aromatic heterocycles. The van der Waals surface area contributed by atoms with Crippen molar-refractivity contribution >= 4 is 15.7 Å². The Kier molecular flexibility index (Phi) is 4.82. The summed E-state index contributed by atoms with van der Waals surface area (Å²) < 4.78 is 30.0. The third-order valence-corrected chi connectivity index (χ3v) is 6.86. The number of hydrogen-bond acceptors (Lipinski definition) is 6. The zero-order valence-electron chi connectivity index (χ0n) is 14.8. The molecule has 2 aromatic rings. The van der Waals surface area contributed by atoms with Crippen LogP contribution in [0.2, 0.25) is 0 Å². The molecule has 9 nitrogen and oxygen atoms in total. The van der Waals surface area contributed by atoms with E-state index in [9.17, 15) is 18.5 Å². The molecule has 140 valence electrons. The molecule has 0 bridgehead atoms. The summed E-state index contributed by atoms with van der Waals surface area (Å²) in [7, 11) is -2.29. The Morgan fingerprint density at radius 3 is 2.69 bits per heavy atom. The van der Waals surface area contributed by atoms with Gasteiger partial charge in [0.25, 0.3) is 15.7 Å². The quantitative estimate of drug-likeness (QED) is 0.633. The zero-order chi connectivity index (χ0) is 19.1. The van der Waals surface area contributed by atoms with Crippen LogP contribution < -0.4 is 5.32 Å². The largest absolute Gasteiger partial charge is 0.337 e. The van der Waals surface area contributed by atoms with Crippen LogP contribution in [-0.4, -0.2) is 46.8 Å². The van der Waals surface area contributed by atoms with Gasteiger partial charge in [0.15, 0.2) is 4.90 Å². The second kappa shape index (κ2) is 6.78. The van der Waals surface area contributed by atoms with E-state index >= 15 is 0 Å². The number of nitrogens with one attached hydrogen (secondary N) is 1. The molecule has 1 aliphatic heterocycles. The Morgan fingerprint density at radius 2 is 2.08 bits per heavy atom. The third-order valence-electron chi connectivity index (χ3n) is 4.77. The molecule has 3 rings (SSSR count). The number of sulfonamides is 1. The van der Waals surface area contributed by atoms with Crippen molar-refractivity contribution in [3.63, 3.8) is 0 Å². The van der Waals surface area contributed by atoms with Crippen molar-refractivity contribution in [2.24, 2.45) is 7.05 Å². The number of nitrogens with zero attached hydrogens (tertiary/aromatic N) is 4. The fourth-order valence-corrected chi connectivity index (χ4v) is 5.28. The number of aryl methyl sites for hydroxylation is 2. The molecule has 1 N–H and O–H groups in total. The van der Waals surface area contributed by atoms with Crippen molar-refractivity contribution in [3.05, 3.63) is 51.6 Å². The topological polar surface area (TPSA) is 110 Å². The van der Waals surface area contributed by atoms with Crippen LogP contribution in [0.3, 0.4) is 0 Å². The van der Waals surface area contributed by atoms with Crippen LogP contribution >= 0.6 is 0 Å². The molecule has 0 saturated carbocycles. The van der Waals surface area contributed by atoms with Gasteiger partial charge in [0.2, 0.25) is 0 Å². The summed E-state index contributed by atoms with van der Waals surface area (Å²) >= 11 is 0. The first-order valence-electron chi connectivity index (χ1n) is 8.19. The molecule has 10 heteroatoms. The van der Waals surface area contributed by atoms with Crippen LogP contribution in [-0.2, 0) is 17.1 Å². The van der Waals surface area contributed by atoms with Gasteiger partial charge in [-0.1, -0.05) is 6.07 Å². The van der Waals surface area contributed by atoms with Crippen LogP contribution in [0.25, 0.3) is 0 Å². The Labute approximate surface area is 151 Å². The first kappa shape index (κ1) is 18.5. The monoisotopic (exact) mass is 379 g/mol. The maximum Gasteiger partial charge on any atom is 0.289 e. The summed E-state index contributed by atoms with van der Waals surface area (Å²) in [6.07, 6.45) is 3.35. The van der Waals surface area contributed by atoms with Crippen LogP contribution in [0.4, 0.5) is 5.69 Å². The van der Waals surface area contributed by atoms with E-state index in [4.69, 9.17) is 0 Å². The van der Waals surface area contributed by atoms with Gasteiger partial charge in [-0.2, -0.15) is 4.31 Å². The molecule has 0 amide bonds. The Bertz CT molecular complexity index is 954. The van der Waals surface area contributed by atoms with Crippen molar-refractivity contribution in [1.82, 2.24) is 19.2 Å². The highest BCUT2D eigenvalue weighted by molar-refractivity contribution is 7.89. The second-order valence-corrected chi connectivity index (χ2v) is 8.17. The van der Waals surface area contributed by atoms with E-state index in [1.807, 2.05) is 0 Å². The molecule has 1 aromatic carbocycles. The second-order valence-electron chi connectivity index (χ2n) is 6.34. The normalized spacial score (nSPS) is 18.8. The van der Waals surface area contributed by atoms with E-state index in [0.29, 0.717) is 30.0 Å². The first-order valence-corrected chi connectivity index (χ1v) is 9.63. The number of rotatable bonds is 4. The molecule has 1 atom stereocenters. The third kappa shape index (κ3) is 3.00. The zero-order valence-corrected chi connectivity index (χ0v) is 15.7. The predicted octanol–water partition coefficient (Wildman–Crippen LogP) is 1.28. The van der Waals surface area contributed by atoms with Gasteiger partial charge in [-0.05, 0) is 25.0 Å². The Hall–Kier alpha value is -2.30. The van der Waals surface area contributed by atoms with E-state index in [-0.39, 0.29) is 11.4 Å². The lowest BCUT2D eigenvalue weighted by atomic mass is 10.1. The standard InChI is InChI=1S/C16H21N5O4S/c1-11-4-5-13(21(22)23)15(12(11)2)26(24,25)20-9-6-17-10-14(20)16-18-7-8-19(16)3/h4-5,7-8,14,17H,6,9-10H2,1-3H3. The summed E-state index contributed by atoms with van der Waals surface area (Å²) in [6, 6.07) is 2.29. The van der Waals surface area contributed by atoms with Gasteiger partial charge in [0.1, 0.15) is 5.82 Å². The van der Waals surface area contributed by atoms with Gasteiger partial charge in [0, 0.05) is 45.1 Å². The molecule has 0 spiro atoms. The van der Waals surface area contributed by atoms with E-state index < -0.39 is 26.7 Å². The molecule has 2 heterocycles. The minimum Gasteiger partial charge on any atom is -0.337 e. The highest BCUT2D eigenvalue weighted by Crippen LogP contribution is 2.35. The van der Waals surface area contributed by atoms with E-state index in [2.05, 4.69) is 10.3 Å². The van der Waals surface area contributed by atoms with Gasteiger partial charge in [0.05, 0.1) is 11.0 Å². The van der Waals surface area contributed by atoms with Gasteiger partial charge in [-0.25, -0.2) is 13.4 Å². The lowest BCUT2D eigenvalue weighted by Crippen LogP contribution is -2.49. The van der Waals surface area contributed by atoms with Crippen molar-refractivity contribution in [2.45, 2.75) is 24.8 Å². The number of imidazole rings is 1. The fraction of sp³-hybridized carbons (Fsp3) is 0.438. The highest BCUT2D eigenvalue weighted by Gasteiger charge is 2.40. The van der Waals surface area contributed by atoms with Crippen LogP contribution in [0.1, 0.15) is 23.0 Å². The number of piperazine rings is 1. The summed E-state index contributed by atoms with van der Waals surface area (Å²) in [5.41, 5.74) is 0.694. The van der Waals surface area contributed by atoms with Crippen LogP contribution in [0.5, 0.6) is 0 Å². The highest BCUT2D eigenvalue weighted by atomic mass is 32.2. The molecule has 0 aliphatic carbocycles. The number of hydrogen-bond donors (Lipinski definition) is 1. The lowest BCUT2D eigenvalue weighted by molar-refractivity contribution is -0.388. The molecule has 26 heavy (non-hydrogen) atoms. The fourth-order valence-electron chi connectivity index (χ4n) is 3.25. The van der Waals surface area contributed by atoms with Gasteiger partial charge in [-0.15, -0.1) is 0 Å². The summed E-state index contributed by atoms with van der Waals surface area (Å²) in [5.74, 6) is 0.591. The van der Waals surface area contributed by atoms with E-state index in [1.54, 1.807) is 43.9 Å². The molecule has 0 radical (unpaired) electrons. The Morgan fingerprint density at radius 1 is 1.35 bits per heavy atom. The number of aromatic nitrogens is 2. The van der Waals surface area contributed by atoms with Gasteiger partial charge < -0.3 is 9.88 Å². The lowest BCUT2D eigenvalue weighted by Gasteiger charge is -2.34. The van der Waals surface area contributed by atoms with E-state index in [0.717, 1.165) is 0 Å². The SMILES string of the molecule is Cc1ccc([N+](=O)[O-])c(S(=O)(=O)N2CCNCC2c2nccn2C)c1C. The summed E-state index contributed by atoms with van der Waals surface area (Å²) in [6.45, 7) is 4.42. The van der Waals surface area contributed by atoms with Crippen molar-refractivity contribution in [2.75, 3.05) is 19.6 Å². The minimum atomic E-state index is -4.08. The number of benzene rings is 1. The van der Waals surface area contributed by atoms with Crippen LogP contribution in [0, 0.1) is 24.0 Å². The van der Waals surface area contributed by atoms with Gasteiger partial charge in [-0.3, -0.25) is 10.1 Å². The predicted molar refractivity (Wildman–Crippen MR) is 95.3 cm³/mol. The average molecular weight is 379 g/mol. The van der Waals surface area contributed by atoms with Gasteiger partial charge >= 0.3 is 0 Å². The first-order chi connectivity index (χ1) is 12.2. The molecular weight excluding hydrogens is 358 g/mol. The average Bonchev–Trinajstić information content (AvgIpc) is 3.02. The van der Waals surface area contributed by atoms with Crippen molar-refractivity contribution in [1.29, 1.82) is 0 Å². The molecule has 1 aliphatic rings. The number of nitro benzene ring substituents is 1. The molecule has 1 saturated heterocycles. The van der Waals surface area contributed by atoms with Crippen molar-refractivity contribution < 1.29 is 13.3 Å².